The third-order valence-corrected chi connectivity index (χ3v) is 3.67. The fourth-order valence-electron chi connectivity index (χ4n) is 2.47. The summed E-state index contributed by atoms with van der Waals surface area (Å²) in [6.45, 7) is 5.16. The number of aliphatic hydroxyl groups excluding tert-OH is 1. The van der Waals surface area contributed by atoms with Crippen molar-refractivity contribution in [3.63, 3.8) is 0 Å². The zero-order valence-electron chi connectivity index (χ0n) is 11.7. The van der Waals surface area contributed by atoms with E-state index in [2.05, 4.69) is 11.8 Å². The average molecular weight is 285 g/mol. The van der Waals surface area contributed by atoms with Gasteiger partial charge in [0, 0.05) is 25.7 Å². The van der Waals surface area contributed by atoms with E-state index >= 15 is 0 Å². The molecular weight excluding hydrogens is 264 g/mol. The second-order valence-corrected chi connectivity index (χ2v) is 5.21. The monoisotopic (exact) mass is 285 g/mol. The van der Waals surface area contributed by atoms with Crippen LogP contribution in [0.4, 0.5) is 8.78 Å². The number of aliphatic hydroxyl groups is 1. The Bertz CT molecular complexity index is 422. The van der Waals surface area contributed by atoms with Gasteiger partial charge in [-0.25, -0.2) is 8.78 Å². The zero-order valence-corrected chi connectivity index (χ0v) is 11.7. The third-order valence-electron chi connectivity index (χ3n) is 3.67. The van der Waals surface area contributed by atoms with Gasteiger partial charge in [-0.3, -0.25) is 4.90 Å². The molecule has 2 rings (SSSR count). The van der Waals surface area contributed by atoms with Crippen molar-refractivity contribution in [3.05, 3.63) is 35.4 Å². The van der Waals surface area contributed by atoms with Gasteiger partial charge in [0.15, 0.2) is 0 Å². The van der Waals surface area contributed by atoms with Gasteiger partial charge >= 0.3 is 0 Å². The molecule has 112 valence electrons. The molecule has 0 saturated carbocycles. The standard InChI is InChI=1S/C15H21F2NO2/c1-2-14-10-18(5-6-20-14)4-3-15(19)11-7-12(16)9-13(17)8-11/h7-9,14-15,19H,2-6,10H2,1H3. The molecule has 2 atom stereocenters. The smallest absolute Gasteiger partial charge is 0.126 e. The lowest BCUT2D eigenvalue weighted by molar-refractivity contribution is -0.0330. The van der Waals surface area contributed by atoms with Crippen LogP contribution in [0.15, 0.2) is 18.2 Å². The first-order chi connectivity index (χ1) is 9.58. The van der Waals surface area contributed by atoms with Gasteiger partial charge in [-0.05, 0) is 30.5 Å². The van der Waals surface area contributed by atoms with E-state index in [4.69, 9.17) is 4.74 Å². The van der Waals surface area contributed by atoms with E-state index in [-0.39, 0.29) is 6.10 Å². The van der Waals surface area contributed by atoms with Crippen molar-refractivity contribution in [2.24, 2.45) is 0 Å². The van der Waals surface area contributed by atoms with Gasteiger partial charge in [0.2, 0.25) is 0 Å². The minimum Gasteiger partial charge on any atom is -0.388 e. The molecule has 1 saturated heterocycles. The lowest BCUT2D eigenvalue weighted by Gasteiger charge is -2.32. The fraction of sp³-hybridized carbons (Fsp3) is 0.600. The Balaban J connectivity index is 1.86. The highest BCUT2D eigenvalue weighted by Gasteiger charge is 2.20. The van der Waals surface area contributed by atoms with E-state index in [0.29, 0.717) is 25.1 Å². The molecule has 0 spiro atoms. The second kappa shape index (κ2) is 7.11. The Morgan fingerprint density at radius 3 is 2.70 bits per heavy atom. The summed E-state index contributed by atoms with van der Waals surface area (Å²) in [6.07, 6.45) is 0.823. The summed E-state index contributed by atoms with van der Waals surface area (Å²) in [6, 6.07) is 3.17. The van der Waals surface area contributed by atoms with Crippen LogP contribution < -0.4 is 0 Å². The van der Waals surface area contributed by atoms with E-state index in [0.717, 1.165) is 25.6 Å². The second-order valence-electron chi connectivity index (χ2n) is 5.21. The summed E-state index contributed by atoms with van der Waals surface area (Å²) in [5, 5.41) is 10.0. The Hall–Kier alpha value is -1.04. The van der Waals surface area contributed by atoms with Gasteiger partial charge in [-0.15, -0.1) is 0 Å². The van der Waals surface area contributed by atoms with Crippen molar-refractivity contribution in [1.82, 2.24) is 4.90 Å². The molecule has 0 amide bonds. The van der Waals surface area contributed by atoms with Crippen LogP contribution in [0.25, 0.3) is 0 Å². The molecule has 0 aromatic heterocycles. The fourth-order valence-corrected chi connectivity index (χ4v) is 2.47. The number of benzene rings is 1. The molecule has 1 N–H and O–H groups in total. The summed E-state index contributed by atoms with van der Waals surface area (Å²) in [7, 11) is 0. The molecule has 1 aliphatic heterocycles. The van der Waals surface area contributed by atoms with Gasteiger partial charge < -0.3 is 9.84 Å². The predicted octanol–water partition coefficient (Wildman–Crippen LogP) is 2.50. The van der Waals surface area contributed by atoms with Crippen molar-refractivity contribution in [2.45, 2.75) is 32.0 Å². The van der Waals surface area contributed by atoms with E-state index in [1.807, 2.05) is 0 Å². The lowest BCUT2D eigenvalue weighted by atomic mass is 10.1. The van der Waals surface area contributed by atoms with Gasteiger partial charge in [-0.1, -0.05) is 6.92 Å². The van der Waals surface area contributed by atoms with Crippen LogP contribution in [0.3, 0.4) is 0 Å². The molecule has 1 aromatic carbocycles. The summed E-state index contributed by atoms with van der Waals surface area (Å²) >= 11 is 0. The Labute approximate surface area is 118 Å². The van der Waals surface area contributed by atoms with Crippen molar-refractivity contribution in [2.75, 3.05) is 26.2 Å². The first kappa shape index (κ1) is 15.4. The topological polar surface area (TPSA) is 32.7 Å². The van der Waals surface area contributed by atoms with Crippen molar-refractivity contribution in [1.29, 1.82) is 0 Å². The van der Waals surface area contributed by atoms with Crippen molar-refractivity contribution in [3.8, 4) is 0 Å². The number of rotatable bonds is 5. The van der Waals surface area contributed by atoms with Gasteiger partial charge in [0.1, 0.15) is 11.6 Å². The maximum absolute atomic E-state index is 13.1. The molecule has 0 aliphatic carbocycles. The van der Waals surface area contributed by atoms with Crippen LogP contribution in [0.2, 0.25) is 0 Å². The van der Waals surface area contributed by atoms with E-state index in [1.165, 1.54) is 12.1 Å². The molecule has 20 heavy (non-hydrogen) atoms. The number of nitrogens with zero attached hydrogens (tertiary/aromatic N) is 1. The molecule has 2 unspecified atom stereocenters. The minimum absolute atomic E-state index is 0.243. The first-order valence-corrected chi connectivity index (χ1v) is 7.06. The van der Waals surface area contributed by atoms with Crippen LogP contribution >= 0.6 is 0 Å². The first-order valence-electron chi connectivity index (χ1n) is 7.06. The predicted molar refractivity (Wildman–Crippen MR) is 72.4 cm³/mol. The average Bonchev–Trinajstić information content (AvgIpc) is 2.44. The number of hydrogen-bond acceptors (Lipinski definition) is 3. The number of hydrogen-bond donors (Lipinski definition) is 1. The SMILES string of the molecule is CCC1CN(CCC(O)c2cc(F)cc(F)c2)CCO1. The molecular formula is C15H21F2NO2. The van der Waals surface area contributed by atoms with Gasteiger partial charge in [-0.2, -0.15) is 0 Å². The Kier molecular flexibility index (Phi) is 5.46. The number of ether oxygens (including phenoxy) is 1. The maximum atomic E-state index is 13.1. The molecule has 1 heterocycles. The van der Waals surface area contributed by atoms with Crippen LogP contribution in [0.1, 0.15) is 31.4 Å². The van der Waals surface area contributed by atoms with Gasteiger partial charge in [0.05, 0.1) is 18.8 Å². The lowest BCUT2D eigenvalue weighted by Crippen LogP contribution is -2.42. The number of halogens is 2. The van der Waals surface area contributed by atoms with Crippen LogP contribution in [0, 0.1) is 11.6 Å². The van der Waals surface area contributed by atoms with Crippen molar-refractivity contribution >= 4 is 0 Å². The highest BCUT2D eigenvalue weighted by molar-refractivity contribution is 5.20. The van der Waals surface area contributed by atoms with E-state index in [9.17, 15) is 13.9 Å². The highest BCUT2D eigenvalue weighted by Crippen LogP contribution is 2.20. The third kappa shape index (κ3) is 4.23. The van der Waals surface area contributed by atoms with E-state index in [1.54, 1.807) is 0 Å². The molecule has 1 aromatic rings. The zero-order chi connectivity index (χ0) is 14.5. The molecule has 1 fully saturated rings. The van der Waals surface area contributed by atoms with Crippen LogP contribution in [-0.4, -0.2) is 42.4 Å². The number of morpholine rings is 1. The molecule has 0 bridgehead atoms. The normalized spacial score (nSPS) is 21.9. The van der Waals surface area contributed by atoms with E-state index < -0.39 is 17.7 Å². The van der Waals surface area contributed by atoms with Crippen LogP contribution in [0.5, 0.6) is 0 Å². The summed E-state index contributed by atoms with van der Waals surface area (Å²) < 4.78 is 31.8. The summed E-state index contributed by atoms with van der Waals surface area (Å²) in [5.74, 6) is -1.31. The molecule has 0 radical (unpaired) electrons. The largest absolute Gasteiger partial charge is 0.388 e. The highest BCUT2D eigenvalue weighted by atomic mass is 19.1. The molecule has 5 heteroatoms. The molecule has 1 aliphatic rings. The quantitative estimate of drug-likeness (QED) is 0.902. The minimum atomic E-state index is -0.844. The summed E-state index contributed by atoms with van der Waals surface area (Å²) in [4.78, 5) is 2.22. The maximum Gasteiger partial charge on any atom is 0.126 e. The van der Waals surface area contributed by atoms with Gasteiger partial charge in [0.25, 0.3) is 0 Å². The Morgan fingerprint density at radius 1 is 1.35 bits per heavy atom. The Morgan fingerprint density at radius 2 is 2.05 bits per heavy atom. The van der Waals surface area contributed by atoms with Crippen LogP contribution in [-0.2, 0) is 4.74 Å². The van der Waals surface area contributed by atoms with Crippen molar-refractivity contribution < 1.29 is 18.6 Å². The summed E-state index contributed by atoms with van der Waals surface area (Å²) in [5.41, 5.74) is 0.294. The molecule has 3 nitrogen and oxygen atoms in total.